The van der Waals surface area contributed by atoms with Crippen molar-refractivity contribution in [3.05, 3.63) is 53.1 Å². The van der Waals surface area contributed by atoms with E-state index < -0.39 is 54.9 Å². The molecule has 37 heavy (non-hydrogen) atoms. The number of esters is 1. The number of nitrogens with one attached hydrogen (secondary N) is 2. The van der Waals surface area contributed by atoms with Gasteiger partial charge in [0.15, 0.2) is 18.5 Å². The number of aromatic nitrogens is 2. The first kappa shape index (κ1) is 27.7. The molecule has 0 bridgehead atoms. The number of nitrogens with zero attached hydrogens (tertiary/aromatic N) is 2. The average molecular weight is 521 g/mol. The van der Waals surface area contributed by atoms with Crippen molar-refractivity contribution in [3.63, 3.8) is 0 Å². The van der Waals surface area contributed by atoms with Gasteiger partial charge in [0.1, 0.15) is 11.9 Å². The van der Waals surface area contributed by atoms with Crippen molar-refractivity contribution < 1.29 is 38.1 Å². The number of benzene rings is 1. The van der Waals surface area contributed by atoms with Crippen molar-refractivity contribution in [2.45, 2.75) is 57.2 Å². The number of anilines is 2. The first-order valence-electron chi connectivity index (χ1n) is 11.8. The number of para-hydroxylation sites is 1. The Balaban J connectivity index is 1.57. The predicted molar refractivity (Wildman–Crippen MR) is 128 cm³/mol. The average Bonchev–Trinajstić information content (AvgIpc) is 3.18. The summed E-state index contributed by atoms with van der Waals surface area (Å²) < 4.78 is 31.5. The molecule has 1 aromatic carbocycles. The van der Waals surface area contributed by atoms with Gasteiger partial charge in [0.05, 0.1) is 19.6 Å². The lowest BCUT2D eigenvalue weighted by atomic mass is 10.1. The van der Waals surface area contributed by atoms with Gasteiger partial charge in [0.25, 0.3) is 0 Å². The first-order chi connectivity index (χ1) is 17.8. The minimum Gasteiger partial charge on any atom is -0.456 e. The van der Waals surface area contributed by atoms with Gasteiger partial charge in [-0.1, -0.05) is 31.5 Å². The lowest BCUT2D eigenvalue weighted by Crippen LogP contribution is -2.37. The topological polar surface area (TPSA) is 158 Å². The monoisotopic (exact) mass is 520 g/mol. The molecule has 1 unspecified atom stereocenters. The van der Waals surface area contributed by atoms with Crippen LogP contribution >= 0.6 is 0 Å². The lowest BCUT2D eigenvalue weighted by Gasteiger charge is -2.18. The quantitative estimate of drug-likeness (QED) is 0.298. The second kappa shape index (κ2) is 13.5. The maximum atomic E-state index is 15.2. The second-order valence-corrected chi connectivity index (χ2v) is 8.18. The fraction of sp³-hybridized carbons (Fsp3) is 0.458. The van der Waals surface area contributed by atoms with Crippen LogP contribution in [0.25, 0.3) is 0 Å². The summed E-state index contributed by atoms with van der Waals surface area (Å²) in [6.07, 6.45) is -4.98. The van der Waals surface area contributed by atoms with Gasteiger partial charge >= 0.3 is 17.8 Å². The Kier molecular flexibility index (Phi) is 10.1. The van der Waals surface area contributed by atoms with E-state index in [1.54, 1.807) is 30.3 Å². The Morgan fingerprint density at radius 2 is 1.92 bits per heavy atom. The van der Waals surface area contributed by atoms with E-state index in [1.165, 1.54) is 6.07 Å². The molecule has 200 valence electrons. The zero-order valence-corrected chi connectivity index (χ0v) is 20.2. The van der Waals surface area contributed by atoms with Crippen LogP contribution in [-0.4, -0.2) is 64.2 Å². The van der Waals surface area contributed by atoms with E-state index in [2.05, 4.69) is 15.6 Å². The fourth-order valence-corrected chi connectivity index (χ4v) is 3.50. The van der Waals surface area contributed by atoms with Crippen LogP contribution in [0.3, 0.4) is 0 Å². The normalized spacial score (nSPS) is 20.7. The molecule has 13 heteroatoms. The molecular weight excluding hydrogens is 491 g/mol. The Morgan fingerprint density at radius 3 is 2.59 bits per heavy atom. The summed E-state index contributed by atoms with van der Waals surface area (Å²) in [4.78, 5) is 52.2. The van der Waals surface area contributed by atoms with Crippen molar-refractivity contribution >= 4 is 29.5 Å². The van der Waals surface area contributed by atoms with E-state index in [0.717, 1.165) is 17.2 Å². The van der Waals surface area contributed by atoms with E-state index in [9.17, 15) is 24.3 Å². The number of hydrogen-bond donors (Lipinski definition) is 3. The number of halogens is 1. The highest BCUT2D eigenvalue weighted by atomic mass is 19.1. The summed E-state index contributed by atoms with van der Waals surface area (Å²) >= 11 is 0. The minimum atomic E-state index is -2.02. The summed E-state index contributed by atoms with van der Waals surface area (Å²) in [6, 6.07) is 9.89. The number of alkyl halides is 1. The van der Waals surface area contributed by atoms with Crippen LogP contribution in [0.1, 0.15) is 38.8 Å². The van der Waals surface area contributed by atoms with Gasteiger partial charge in [-0.05, 0) is 24.6 Å². The number of carbonyl (C=O) groups is 3. The molecule has 2 aromatic rings. The highest BCUT2D eigenvalue weighted by molar-refractivity contribution is 5.92. The number of carbonyl (C=O) groups excluding carboxylic acids is 3. The van der Waals surface area contributed by atoms with Crippen LogP contribution in [0, 0.1) is 0 Å². The third kappa shape index (κ3) is 7.82. The van der Waals surface area contributed by atoms with E-state index in [4.69, 9.17) is 14.2 Å². The SMILES string of the molecule is CCCCOC(=O)Nc1ccn([C@@H]2O[C@H](CO)[C@@H](OC(=O)CCC(=O)Nc3ccccc3)C2F)c(=O)n1. The second-order valence-electron chi connectivity index (χ2n) is 8.18. The summed E-state index contributed by atoms with van der Waals surface area (Å²) in [5, 5.41) is 14.5. The van der Waals surface area contributed by atoms with Gasteiger partial charge in [-0.25, -0.2) is 14.0 Å². The van der Waals surface area contributed by atoms with Gasteiger partial charge in [0, 0.05) is 18.3 Å². The van der Waals surface area contributed by atoms with Crippen LogP contribution in [0.2, 0.25) is 0 Å². The maximum Gasteiger partial charge on any atom is 0.412 e. The maximum absolute atomic E-state index is 15.2. The van der Waals surface area contributed by atoms with Crippen molar-refractivity contribution in [2.24, 2.45) is 0 Å². The minimum absolute atomic E-state index is 0.105. The Labute approximate surface area is 211 Å². The smallest absolute Gasteiger partial charge is 0.412 e. The molecule has 3 rings (SSSR count). The molecule has 2 heterocycles. The standard InChI is InChI=1S/C24H29FN4O8/c1-2-3-13-35-24(34)28-17-11-12-29(23(33)27-17)22-20(25)21(16(14-30)36-22)37-19(32)10-9-18(31)26-15-7-5-4-6-8-15/h4-8,11-12,16,20-22,30H,2-3,9-10,13-14H2,1H3,(H,26,31)(H,27,28,33,34)/t16-,20?,21-,22-/m1/s1. The van der Waals surface area contributed by atoms with Gasteiger partial charge < -0.3 is 24.6 Å². The number of rotatable bonds is 11. The highest BCUT2D eigenvalue weighted by Gasteiger charge is 2.48. The summed E-state index contributed by atoms with van der Waals surface area (Å²) in [5.41, 5.74) is -0.383. The largest absolute Gasteiger partial charge is 0.456 e. The van der Waals surface area contributed by atoms with E-state index in [1.807, 2.05) is 6.92 Å². The summed E-state index contributed by atoms with van der Waals surface area (Å²) in [5.74, 6) is -1.41. The lowest BCUT2D eigenvalue weighted by molar-refractivity contribution is -0.155. The Bertz CT molecular complexity index is 1130. The molecule has 1 aliphatic rings. The molecule has 0 aliphatic carbocycles. The van der Waals surface area contributed by atoms with E-state index in [-0.39, 0.29) is 25.3 Å². The molecule has 1 fully saturated rings. The Morgan fingerprint density at radius 1 is 1.16 bits per heavy atom. The molecule has 2 amide bonds. The predicted octanol–water partition coefficient (Wildman–Crippen LogP) is 2.15. The van der Waals surface area contributed by atoms with E-state index >= 15 is 4.39 Å². The van der Waals surface area contributed by atoms with E-state index in [0.29, 0.717) is 12.1 Å². The fourth-order valence-electron chi connectivity index (χ4n) is 3.50. The number of ether oxygens (including phenoxy) is 3. The number of amides is 2. The zero-order chi connectivity index (χ0) is 26.8. The van der Waals surface area contributed by atoms with Crippen LogP contribution in [0.5, 0.6) is 0 Å². The molecule has 0 radical (unpaired) electrons. The van der Waals surface area contributed by atoms with Crippen LogP contribution in [0.15, 0.2) is 47.4 Å². The summed E-state index contributed by atoms with van der Waals surface area (Å²) in [6.45, 7) is 1.46. The molecule has 1 aromatic heterocycles. The molecule has 12 nitrogen and oxygen atoms in total. The van der Waals surface area contributed by atoms with Crippen LogP contribution in [0.4, 0.5) is 20.7 Å². The molecule has 1 aliphatic heterocycles. The number of hydrogen-bond acceptors (Lipinski definition) is 9. The number of unbranched alkanes of at least 4 members (excludes halogenated alkanes) is 1. The molecular formula is C24H29FN4O8. The number of aliphatic hydroxyl groups excluding tert-OH is 1. The van der Waals surface area contributed by atoms with Crippen molar-refractivity contribution in [3.8, 4) is 0 Å². The van der Waals surface area contributed by atoms with Crippen molar-refractivity contribution in [2.75, 3.05) is 23.8 Å². The van der Waals surface area contributed by atoms with Crippen LogP contribution < -0.4 is 16.3 Å². The van der Waals surface area contributed by atoms with Crippen molar-refractivity contribution in [1.29, 1.82) is 0 Å². The number of aliphatic hydroxyl groups is 1. The molecule has 3 N–H and O–H groups in total. The highest BCUT2D eigenvalue weighted by Crippen LogP contribution is 2.33. The zero-order valence-electron chi connectivity index (χ0n) is 20.2. The van der Waals surface area contributed by atoms with Gasteiger partial charge in [-0.2, -0.15) is 4.98 Å². The van der Waals surface area contributed by atoms with Gasteiger partial charge in [-0.15, -0.1) is 0 Å². The third-order valence-corrected chi connectivity index (χ3v) is 5.39. The van der Waals surface area contributed by atoms with Gasteiger partial charge in [-0.3, -0.25) is 19.5 Å². The van der Waals surface area contributed by atoms with Crippen molar-refractivity contribution in [1.82, 2.24) is 9.55 Å². The van der Waals surface area contributed by atoms with Crippen LogP contribution in [-0.2, 0) is 23.8 Å². The van der Waals surface area contributed by atoms with Gasteiger partial charge in [0.2, 0.25) is 5.91 Å². The molecule has 0 saturated carbocycles. The molecule has 0 spiro atoms. The molecule has 1 saturated heterocycles. The third-order valence-electron chi connectivity index (χ3n) is 5.39. The summed E-state index contributed by atoms with van der Waals surface area (Å²) in [7, 11) is 0. The Hall–Kier alpha value is -3.84. The first-order valence-corrected chi connectivity index (χ1v) is 11.8. The molecule has 4 atom stereocenters.